The maximum atomic E-state index is 12.1. The number of thioether (sulfide) groups is 1. The van der Waals surface area contributed by atoms with Gasteiger partial charge in [0.2, 0.25) is 15.9 Å². The third kappa shape index (κ3) is 4.43. The van der Waals surface area contributed by atoms with Crippen LogP contribution in [0.15, 0.2) is 53.4 Å². The monoisotopic (exact) mass is 390 g/mol. The molecule has 2 aromatic carbocycles. The topological polar surface area (TPSA) is 118 Å². The molecule has 0 aliphatic carbocycles. The predicted octanol–water partition coefficient (Wildman–Crippen LogP) is 2.64. The van der Waals surface area contributed by atoms with Crippen molar-refractivity contribution in [2.24, 2.45) is 5.14 Å². The number of para-hydroxylation sites is 2. The van der Waals surface area contributed by atoms with Crippen LogP contribution in [0.4, 0.5) is 5.69 Å². The zero-order valence-electron chi connectivity index (χ0n) is 14.0. The SMILES string of the molecule is C[C@H](SCC(=O)Nc1cccc(S(N)(=O)=O)c1)c1nc2ccccc2[nH]1. The van der Waals surface area contributed by atoms with Gasteiger partial charge in [-0.1, -0.05) is 18.2 Å². The second kappa shape index (κ2) is 7.48. The molecule has 0 bridgehead atoms. The van der Waals surface area contributed by atoms with Crippen molar-refractivity contribution in [2.75, 3.05) is 11.1 Å². The van der Waals surface area contributed by atoms with E-state index in [1.165, 1.54) is 30.0 Å². The first-order valence-electron chi connectivity index (χ1n) is 7.82. The van der Waals surface area contributed by atoms with Gasteiger partial charge >= 0.3 is 0 Å². The minimum atomic E-state index is -3.80. The number of primary sulfonamides is 1. The van der Waals surface area contributed by atoms with Crippen molar-refractivity contribution in [2.45, 2.75) is 17.1 Å². The van der Waals surface area contributed by atoms with Gasteiger partial charge in [-0.05, 0) is 37.3 Å². The van der Waals surface area contributed by atoms with E-state index in [2.05, 4.69) is 15.3 Å². The predicted molar refractivity (Wildman–Crippen MR) is 103 cm³/mol. The van der Waals surface area contributed by atoms with Crippen LogP contribution in [0.2, 0.25) is 0 Å². The number of anilines is 1. The molecular formula is C17H18N4O3S2. The second-order valence-electron chi connectivity index (χ2n) is 5.71. The zero-order chi connectivity index (χ0) is 18.7. The number of nitrogens with zero attached hydrogens (tertiary/aromatic N) is 1. The number of benzene rings is 2. The van der Waals surface area contributed by atoms with Gasteiger partial charge in [0.05, 0.1) is 26.9 Å². The summed E-state index contributed by atoms with van der Waals surface area (Å²) in [6.45, 7) is 1.97. The lowest BCUT2D eigenvalue weighted by atomic mass is 10.3. The van der Waals surface area contributed by atoms with Crippen LogP contribution < -0.4 is 10.5 Å². The van der Waals surface area contributed by atoms with Crippen molar-refractivity contribution in [1.29, 1.82) is 0 Å². The molecule has 0 unspecified atom stereocenters. The lowest BCUT2D eigenvalue weighted by Crippen LogP contribution is -2.16. The smallest absolute Gasteiger partial charge is 0.238 e. The summed E-state index contributed by atoms with van der Waals surface area (Å²) in [4.78, 5) is 19.9. The first-order chi connectivity index (χ1) is 12.3. The van der Waals surface area contributed by atoms with Gasteiger partial charge in [-0.3, -0.25) is 4.79 Å². The molecule has 0 aliphatic rings. The van der Waals surface area contributed by atoms with Crippen molar-refractivity contribution in [3.63, 3.8) is 0 Å². The Kier molecular flexibility index (Phi) is 5.30. The molecule has 1 amide bonds. The van der Waals surface area contributed by atoms with Crippen LogP contribution >= 0.6 is 11.8 Å². The summed E-state index contributed by atoms with van der Waals surface area (Å²) in [6, 6.07) is 13.6. The number of fused-ring (bicyclic) bond motifs is 1. The van der Waals surface area contributed by atoms with Gasteiger partial charge in [-0.25, -0.2) is 18.5 Å². The number of sulfonamides is 1. The number of aromatic amines is 1. The van der Waals surface area contributed by atoms with Gasteiger partial charge in [0, 0.05) is 5.69 Å². The normalized spacial score (nSPS) is 12.8. The van der Waals surface area contributed by atoms with E-state index in [0.717, 1.165) is 16.9 Å². The molecule has 136 valence electrons. The Labute approximate surface area is 155 Å². The fraction of sp³-hybridized carbons (Fsp3) is 0.176. The fourth-order valence-corrected chi connectivity index (χ4v) is 3.70. The molecular weight excluding hydrogens is 372 g/mol. The van der Waals surface area contributed by atoms with E-state index in [0.29, 0.717) is 5.69 Å². The van der Waals surface area contributed by atoms with Crippen LogP contribution in [0.25, 0.3) is 11.0 Å². The standard InChI is InChI=1S/C17H18N4O3S2/c1-11(17-20-14-7-2-3-8-15(14)21-17)25-10-16(22)19-12-5-4-6-13(9-12)26(18,23)24/h2-9,11H,10H2,1H3,(H,19,22)(H,20,21)(H2,18,23,24)/t11-/m0/s1. The summed E-state index contributed by atoms with van der Waals surface area (Å²) in [5.74, 6) is 0.780. The molecule has 26 heavy (non-hydrogen) atoms. The molecule has 0 spiro atoms. The number of nitrogens with two attached hydrogens (primary N) is 1. The van der Waals surface area contributed by atoms with Crippen LogP contribution in [0.3, 0.4) is 0 Å². The number of amides is 1. The molecule has 0 radical (unpaired) electrons. The van der Waals surface area contributed by atoms with E-state index in [4.69, 9.17) is 5.14 Å². The number of H-pyrrole nitrogens is 1. The summed E-state index contributed by atoms with van der Waals surface area (Å²) in [6.07, 6.45) is 0. The van der Waals surface area contributed by atoms with Crippen LogP contribution in [-0.2, 0) is 14.8 Å². The Hall–Kier alpha value is -2.36. The summed E-state index contributed by atoms with van der Waals surface area (Å²) < 4.78 is 22.7. The highest BCUT2D eigenvalue weighted by molar-refractivity contribution is 8.00. The van der Waals surface area contributed by atoms with Gasteiger partial charge in [-0.2, -0.15) is 0 Å². The van der Waals surface area contributed by atoms with Gasteiger partial charge in [0.15, 0.2) is 0 Å². The van der Waals surface area contributed by atoms with Crippen LogP contribution in [0, 0.1) is 0 Å². The molecule has 3 aromatic rings. The molecule has 1 aromatic heterocycles. The highest BCUT2D eigenvalue weighted by atomic mass is 32.2. The summed E-state index contributed by atoms with van der Waals surface area (Å²) >= 11 is 1.43. The molecule has 7 nitrogen and oxygen atoms in total. The maximum Gasteiger partial charge on any atom is 0.238 e. The molecule has 0 saturated heterocycles. The van der Waals surface area contributed by atoms with Crippen molar-refractivity contribution in [3.8, 4) is 0 Å². The lowest BCUT2D eigenvalue weighted by Gasteiger charge is -2.09. The van der Waals surface area contributed by atoms with E-state index in [9.17, 15) is 13.2 Å². The Morgan fingerprint density at radius 3 is 2.77 bits per heavy atom. The van der Waals surface area contributed by atoms with Gasteiger partial charge < -0.3 is 10.3 Å². The van der Waals surface area contributed by atoms with Crippen LogP contribution in [0.1, 0.15) is 18.0 Å². The highest BCUT2D eigenvalue weighted by Crippen LogP contribution is 2.27. The average Bonchev–Trinajstić information content (AvgIpc) is 3.03. The Morgan fingerprint density at radius 2 is 2.04 bits per heavy atom. The number of carbonyl (C=O) groups excluding carboxylic acids is 1. The molecule has 1 heterocycles. The second-order valence-corrected chi connectivity index (χ2v) is 8.60. The van der Waals surface area contributed by atoms with E-state index >= 15 is 0 Å². The molecule has 0 aliphatic heterocycles. The van der Waals surface area contributed by atoms with Gasteiger partial charge in [0.25, 0.3) is 0 Å². The number of rotatable bonds is 6. The number of aromatic nitrogens is 2. The van der Waals surface area contributed by atoms with Crippen LogP contribution in [-0.4, -0.2) is 30.0 Å². The van der Waals surface area contributed by atoms with E-state index in [-0.39, 0.29) is 21.8 Å². The molecule has 4 N–H and O–H groups in total. The van der Waals surface area contributed by atoms with Crippen molar-refractivity contribution in [3.05, 3.63) is 54.4 Å². The number of hydrogen-bond donors (Lipinski definition) is 3. The number of carbonyl (C=O) groups is 1. The average molecular weight is 390 g/mol. The third-order valence-corrected chi connectivity index (χ3v) is 5.77. The number of nitrogens with one attached hydrogen (secondary N) is 2. The largest absolute Gasteiger partial charge is 0.341 e. The zero-order valence-corrected chi connectivity index (χ0v) is 15.6. The Bertz CT molecular complexity index is 1010. The minimum Gasteiger partial charge on any atom is -0.341 e. The van der Waals surface area contributed by atoms with E-state index < -0.39 is 10.0 Å². The summed E-state index contributed by atoms with van der Waals surface area (Å²) in [5.41, 5.74) is 2.23. The first kappa shape index (κ1) is 18.4. The number of hydrogen-bond acceptors (Lipinski definition) is 5. The molecule has 1 atom stereocenters. The fourth-order valence-electron chi connectivity index (χ4n) is 2.39. The maximum absolute atomic E-state index is 12.1. The van der Waals surface area contributed by atoms with Gasteiger partial charge in [-0.15, -0.1) is 11.8 Å². The van der Waals surface area contributed by atoms with Gasteiger partial charge in [0.1, 0.15) is 5.82 Å². The highest BCUT2D eigenvalue weighted by Gasteiger charge is 2.14. The molecule has 0 fully saturated rings. The van der Waals surface area contributed by atoms with Crippen LogP contribution in [0.5, 0.6) is 0 Å². The third-order valence-electron chi connectivity index (χ3n) is 3.70. The minimum absolute atomic E-state index is 0.00361. The van der Waals surface area contributed by atoms with Crippen molar-refractivity contribution in [1.82, 2.24) is 9.97 Å². The van der Waals surface area contributed by atoms with Crippen molar-refractivity contribution >= 4 is 44.4 Å². The quantitative estimate of drug-likeness (QED) is 0.598. The Morgan fingerprint density at radius 1 is 1.27 bits per heavy atom. The number of imidazole rings is 1. The first-order valence-corrected chi connectivity index (χ1v) is 10.4. The van der Waals surface area contributed by atoms with E-state index in [1.807, 2.05) is 31.2 Å². The summed E-state index contributed by atoms with van der Waals surface area (Å²) in [5, 5.41) is 7.78. The summed E-state index contributed by atoms with van der Waals surface area (Å²) in [7, 11) is -3.80. The molecule has 0 saturated carbocycles. The molecule has 9 heteroatoms. The van der Waals surface area contributed by atoms with Crippen molar-refractivity contribution < 1.29 is 13.2 Å². The molecule has 3 rings (SSSR count). The lowest BCUT2D eigenvalue weighted by molar-refractivity contribution is -0.113. The Balaban J connectivity index is 1.60. The van der Waals surface area contributed by atoms with E-state index in [1.54, 1.807) is 6.07 Å².